The number of hydrogen-bond donors (Lipinski definition) is 1. The largest absolute Gasteiger partial charge is 0.445 e. The van der Waals surface area contributed by atoms with Crippen molar-refractivity contribution in [2.45, 2.75) is 31.8 Å². The predicted molar refractivity (Wildman–Crippen MR) is 84.0 cm³/mol. The van der Waals surface area contributed by atoms with Gasteiger partial charge in [0.1, 0.15) is 11.3 Å². The topological polar surface area (TPSA) is 58.4 Å². The minimum atomic E-state index is -0.139. The summed E-state index contributed by atoms with van der Waals surface area (Å²) in [6.45, 7) is 4.49. The summed E-state index contributed by atoms with van der Waals surface area (Å²) in [5.41, 5.74) is 0.967. The highest BCUT2D eigenvalue weighted by atomic mass is 35.5. The van der Waals surface area contributed by atoms with Crippen molar-refractivity contribution < 1.29 is 9.21 Å². The predicted octanol–water partition coefficient (Wildman–Crippen LogP) is 2.69. The van der Waals surface area contributed by atoms with Gasteiger partial charge in [-0.25, -0.2) is 0 Å². The monoisotopic (exact) mass is 319 g/mol. The Morgan fingerprint density at radius 2 is 2.18 bits per heavy atom. The van der Waals surface area contributed by atoms with E-state index in [2.05, 4.69) is 22.1 Å². The fourth-order valence-corrected chi connectivity index (χ4v) is 4.00. The number of carbonyl (C=O) groups excluding carboxylic acids is 1. The summed E-state index contributed by atoms with van der Waals surface area (Å²) >= 11 is 5.83. The molecule has 2 atom stereocenters. The van der Waals surface area contributed by atoms with E-state index in [-0.39, 0.29) is 11.9 Å². The molecule has 3 fully saturated rings. The van der Waals surface area contributed by atoms with E-state index in [4.69, 9.17) is 16.0 Å². The average Bonchev–Trinajstić information content (AvgIpc) is 2.90. The summed E-state index contributed by atoms with van der Waals surface area (Å²) in [5.74, 6) is 0.436. The zero-order chi connectivity index (χ0) is 15.3. The van der Waals surface area contributed by atoms with E-state index in [1.165, 1.54) is 0 Å². The standard InChI is InChI=1S/C16H18ClN3O2/c1-9-15(10-2-4-20(9)5-3-10)19-16(21)12-7-13-11(8-18-12)6-14(17)22-13/h6-10,15H,2-5H2,1H3,(H,19,21)/t9-,15-/m0/s1. The highest BCUT2D eigenvalue weighted by Gasteiger charge is 2.40. The van der Waals surface area contributed by atoms with Crippen LogP contribution in [0.15, 0.2) is 22.7 Å². The molecule has 3 aliphatic rings. The zero-order valence-electron chi connectivity index (χ0n) is 12.4. The van der Waals surface area contributed by atoms with Crippen LogP contribution in [0.5, 0.6) is 0 Å². The van der Waals surface area contributed by atoms with Crippen LogP contribution >= 0.6 is 11.6 Å². The second-order valence-corrected chi connectivity index (χ2v) is 6.64. The molecule has 3 aliphatic heterocycles. The Kier molecular flexibility index (Phi) is 3.35. The maximum atomic E-state index is 12.5. The molecule has 1 amide bonds. The first-order valence-corrected chi connectivity index (χ1v) is 8.09. The molecule has 2 aromatic heterocycles. The van der Waals surface area contributed by atoms with Gasteiger partial charge in [0, 0.05) is 35.8 Å². The fourth-order valence-electron chi connectivity index (χ4n) is 3.80. The zero-order valence-corrected chi connectivity index (χ0v) is 13.1. The maximum Gasteiger partial charge on any atom is 0.270 e. The van der Waals surface area contributed by atoms with Crippen LogP contribution in [0.1, 0.15) is 30.3 Å². The molecule has 1 N–H and O–H groups in total. The molecular weight excluding hydrogens is 302 g/mol. The molecule has 0 unspecified atom stereocenters. The molecule has 0 saturated carbocycles. The Bertz CT molecular complexity index is 719. The molecule has 5 heterocycles. The molecule has 5 rings (SSSR count). The van der Waals surface area contributed by atoms with Crippen LogP contribution in [-0.4, -0.2) is 41.0 Å². The summed E-state index contributed by atoms with van der Waals surface area (Å²) in [6, 6.07) is 3.94. The number of piperidine rings is 3. The SMILES string of the molecule is C[C@H]1[C@H](NC(=O)c2cc3oc(Cl)cc3cn2)C2CCN1CC2. The number of hydrogen-bond acceptors (Lipinski definition) is 4. The van der Waals surface area contributed by atoms with Gasteiger partial charge in [0.05, 0.1) is 0 Å². The molecule has 0 aliphatic carbocycles. The van der Waals surface area contributed by atoms with E-state index >= 15 is 0 Å². The molecule has 3 saturated heterocycles. The summed E-state index contributed by atoms with van der Waals surface area (Å²) in [7, 11) is 0. The molecule has 0 spiro atoms. The van der Waals surface area contributed by atoms with Gasteiger partial charge in [0.25, 0.3) is 5.91 Å². The molecule has 2 bridgehead atoms. The van der Waals surface area contributed by atoms with E-state index < -0.39 is 0 Å². The third-order valence-corrected chi connectivity index (χ3v) is 5.27. The van der Waals surface area contributed by atoms with Gasteiger partial charge in [-0.3, -0.25) is 14.7 Å². The van der Waals surface area contributed by atoms with Gasteiger partial charge in [-0.1, -0.05) is 0 Å². The number of nitrogens with zero attached hydrogens (tertiary/aromatic N) is 2. The fraction of sp³-hybridized carbons (Fsp3) is 0.500. The van der Waals surface area contributed by atoms with Crippen LogP contribution in [-0.2, 0) is 0 Å². The Balaban J connectivity index is 1.55. The third-order valence-electron chi connectivity index (χ3n) is 5.08. The normalized spacial score (nSPS) is 30.6. The Morgan fingerprint density at radius 1 is 1.41 bits per heavy atom. The van der Waals surface area contributed by atoms with Crippen LogP contribution in [0.2, 0.25) is 5.22 Å². The minimum Gasteiger partial charge on any atom is -0.445 e. The van der Waals surface area contributed by atoms with Crippen molar-refractivity contribution in [3.8, 4) is 0 Å². The first-order valence-electron chi connectivity index (χ1n) is 7.72. The number of fused-ring (bicyclic) bond motifs is 4. The van der Waals surface area contributed by atoms with Crippen LogP contribution in [0, 0.1) is 5.92 Å². The first kappa shape index (κ1) is 14.0. The lowest BCUT2D eigenvalue weighted by Crippen LogP contribution is -2.62. The van der Waals surface area contributed by atoms with Crippen molar-refractivity contribution in [1.29, 1.82) is 0 Å². The molecule has 0 aromatic carbocycles. The molecule has 2 aromatic rings. The maximum absolute atomic E-state index is 12.5. The second kappa shape index (κ2) is 5.25. The molecule has 6 heteroatoms. The van der Waals surface area contributed by atoms with Gasteiger partial charge in [-0.15, -0.1) is 0 Å². The van der Waals surface area contributed by atoms with Crippen molar-refractivity contribution in [2.24, 2.45) is 5.92 Å². The molecule has 116 valence electrons. The van der Waals surface area contributed by atoms with E-state index in [0.717, 1.165) is 31.3 Å². The van der Waals surface area contributed by atoms with Gasteiger partial charge in [0.2, 0.25) is 0 Å². The van der Waals surface area contributed by atoms with E-state index in [9.17, 15) is 4.79 Å². The molecule has 22 heavy (non-hydrogen) atoms. The van der Waals surface area contributed by atoms with Crippen LogP contribution in [0.3, 0.4) is 0 Å². The number of aromatic nitrogens is 1. The number of rotatable bonds is 2. The first-order chi connectivity index (χ1) is 10.6. The summed E-state index contributed by atoms with van der Waals surface area (Å²) in [6.07, 6.45) is 3.95. The number of carbonyl (C=O) groups is 1. The highest BCUT2D eigenvalue weighted by Crippen LogP contribution is 2.32. The van der Waals surface area contributed by atoms with E-state index in [1.54, 1.807) is 18.3 Å². The van der Waals surface area contributed by atoms with Crippen molar-refractivity contribution in [1.82, 2.24) is 15.2 Å². The van der Waals surface area contributed by atoms with Crippen LogP contribution in [0.4, 0.5) is 0 Å². The molecule has 5 nitrogen and oxygen atoms in total. The van der Waals surface area contributed by atoms with Crippen molar-refractivity contribution in [3.05, 3.63) is 29.2 Å². The third kappa shape index (κ3) is 2.29. The van der Waals surface area contributed by atoms with E-state index in [0.29, 0.717) is 28.5 Å². The van der Waals surface area contributed by atoms with Crippen LogP contribution in [0.25, 0.3) is 11.0 Å². The summed E-state index contributed by atoms with van der Waals surface area (Å²) < 4.78 is 5.36. The quantitative estimate of drug-likeness (QED) is 0.924. The second-order valence-electron chi connectivity index (χ2n) is 6.27. The van der Waals surface area contributed by atoms with Crippen LogP contribution < -0.4 is 5.32 Å². The lowest BCUT2D eigenvalue weighted by molar-refractivity contribution is 0.0216. The van der Waals surface area contributed by atoms with Gasteiger partial charge in [-0.2, -0.15) is 0 Å². The lowest BCUT2D eigenvalue weighted by Gasteiger charge is -2.49. The smallest absolute Gasteiger partial charge is 0.270 e. The number of amides is 1. The van der Waals surface area contributed by atoms with Gasteiger partial charge in [0.15, 0.2) is 5.22 Å². The van der Waals surface area contributed by atoms with Gasteiger partial charge < -0.3 is 9.73 Å². The Morgan fingerprint density at radius 3 is 2.91 bits per heavy atom. The van der Waals surface area contributed by atoms with E-state index in [1.807, 2.05) is 0 Å². The molecular formula is C16H18ClN3O2. The summed E-state index contributed by atoms with van der Waals surface area (Å²) in [4.78, 5) is 19.2. The highest BCUT2D eigenvalue weighted by molar-refractivity contribution is 6.29. The Labute approximate surface area is 133 Å². The minimum absolute atomic E-state index is 0.139. The number of furan rings is 1. The Hall–Kier alpha value is -1.59. The number of halogens is 1. The van der Waals surface area contributed by atoms with Crippen molar-refractivity contribution in [3.63, 3.8) is 0 Å². The lowest BCUT2D eigenvalue weighted by atomic mass is 9.79. The van der Waals surface area contributed by atoms with Crippen molar-refractivity contribution >= 4 is 28.5 Å². The van der Waals surface area contributed by atoms with Crippen molar-refractivity contribution in [2.75, 3.05) is 13.1 Å². The number of pyridine rings is 1. The van der Waals surface area contributed by atoms with Gasteiger partial charge >= 0.3 is 0 Å². The average molecular weight is 320 g/mol. The summed E-state index contributed by atoms with van der Waals surface area (Å²) in [5, 5.41) is 4.28. The molecule has 0 radical (unpaired) electrons. The van der Waals surface area contributed by atoms with Gasteiger partial charge in [-0.05, 0) is 50.4 Å². The number of nitrogens with one attached hydrogen (secondary N) is 1.